The fourth-order valence-corrected chi connectivity index (χ4v) is 3.79. The minimum Gasteiger partial charge on any atom is -0.494 e. The van der Waals surface area contributed by atoms with E-state index >= 15 is 0 Å². The molecular weight excluding hydrogens is 340 g/mol. The van der Waals surface area contributed by atoms with Gasteiger partial charge in [0.15, 0.2) is 0 Å². The third-order valence-electron chi connectivity index (χ3n) is 5.10. The first-order valence-electron chi connectivity index (χ1n) is 9.27. The van der Waals surface area contributed by atoms with Crippen molar-refractivity contribution in [1.29, 1.82) is 0 Å². The van der Waals surface area contributed by atoms with E-state index in [9.17, 15) is 9.59 Å². The molecule has 2 aliphatic heterocycles. The molecule has 2 aromatic carbocycles. The number of aryl methyl sites for hydroxylation is 1. The van der Waals surface area contributed by atoms with E-state index in [0.29, 0.717) is 17.9 Å². The predicted molar refractivity (Wildman–Crippen MR) is 104 cm³/mol. The molecular formula is C22H22N2O3. The van der Waals surface area contributed by atoms with Crippen molar-refractivity contribution in [2.24, 2.45) is 0 Å². The van der Waals surface area contributed by atoms with Gasteiger partial charge in [-0.2, -0.15) is 0 Å². The van der Waals surface area contributed by atoms with Crippen molar-refractivity contribution >= 4 is 23.1 Å². The standard InChI is InChI=1S/C22H22N2O3/c1-3-27-17-12-10-16(11-13-17)19-20(22(26)23(2)21(19)25)24-14-6-8-15-7-4-5-9-18(15)24/h4-5,7,9-13H,3,6,8,14H2,1-2H3. The van der Waals surface area contributed by atoms with Crippen LogP contribution >= 0.6 is 0 Å². The second-order valence-corrected chi connectivity index (χ2v) is 6.73. The summed E-state index contributed by atoms with van der Waals surface area (Å²) in [6.45, 7) is 3.23. The first kappa shape index (κ1) is 17.3. The molecule has 0 unspecified atom stereocenters. The minimum absolute atomic E-state index is 0.249. The first-order valence-corrected chi connectivity index (χ1v) is 9.27. The van der Waals surface area contributed by atoms with Crippen LogP contribution in [0, 0.1) is 0 Å². The number of ether oxygens (including phenoxy) is 1. The van der Waals surface area contributed by atoms with Crippen LogP contribution in [0.15, 0.2) is 54.2 Å². The largest absolute Gasteiger partial charge is 0.494 e. The zero-order valence-electron chi connectivity index (χ0n) is 15.6. The van der Waals surface area contributed by atoms with Gasteiger partial charge in [0.25, 0.3) is 11.8 Å². The molecule has 5 heteroatoms. The predicted octanol–water partition coefficient (Wildman–Crippen LogP) is 3.25. The molecule has 27 heavy (non-hydrogen) atoms. The van der Waals surface area contributed by atoms with Gasteiger partial charge in [0.05, 0.1) is 12.2 Å². The molecule has 0 N–H and O–H groups in total. The van der Waals surface area contributed by atoms with Gasteiger partial charge in [0, 0.05) is 19.3 Å². The normalized spacial score (nSPS) is 16.8. The number of fused-ring (bicyclic) bond motifs is 1. The van der Waals surface area contributed by atoms with E-state index < -0.39 is 0 Å². The Morgan fingerprint density at radius 1 is 1.00 bits per heavy atom. The van der Waals surface area contributed by atoms with Gasteiger partial charge in [-0.3, -0.25) is 14.5 Å². The van der Waals surface area contributed by atoms with Crippen LogP contribution in [0.5, 0.6) is 5.75 Å². The Morgan fingerprint density at radius 3 is 2.48 bits per heavy atom. The van der Waals surface area contributed by atoms with Crippen LogP contribution < -0.4 is 9.64 Å². The summed E-state index contributed by atoms with van der Waals surface area (Å²) in [5.41, 5.74) is 3.89. The molecule has 5 nitrogen and oxygen atoms in total. The molecule has 0 aliphatic carbocycles. The number of para-hydroxylation sites is 1. The maximum absolute atomic E-state index is 13.0. The van der Waals surface area contributed by atoms with Gasteiger partial charge in [-0.15, -0.1) is 0 Å². The first-order chi connectivity index (χ1) is 13.1. The molecule has 0 saturated heterocycles. The topological polar surface area (TPSA) is 49.9 Å². The number of imide groups is 1. The highest BCUT2D eigenvalue weighted by molar-refractivity contribution is 6.36. The molecule has 2 aliphatic rings. The minimum atomic E-state index is -0.262. The number of carbonyl (C=O) groups is 2. The molecule has 2 amide bonds. The Morgan fingerprint density at radius 2 is 1.74 bits per heavy atom. The number of nitrogens with zero attached hydrogens (tertiary/aromatic N) is 2. The van der Waals surface area contributed by atoms with Gasteiger partial charge in [-0.1, -0.05) is 30.3 Å². The molecule has 0 radical (unpaired) electrons. The van der Waals surface area contributed by atoms with Gasteiger partial charge < -0.3 is 9.64 Å². The molecule has 2 aromatic rings. The molecule has 0 saturated carbocycles. The van der Waals surface area contributed by atoms with Crippen LogP contribution in [0.4, 0.5) is 5.69 Å². The van der Waals surface area contributed by atoms with Crippen LogP contribution in [-0.4, -0.2) is 36.9 Å². The van der Waals surface area contributed by atoms with Gasteiger partial charge in [0.2, 0.25) is 0 Å². The van der Waals surface area contributed by atoms with Crippen molar-refractivity contribution in [3.05, 3.63) is 65.4 Å². The van der Waals surface area contributed by atoms with E-state index in [1.807, 2.05) is 54.3 Å². The number of hydrogen-bond acceptors (Lipinski definition) is 4. The Hall–Kier alpha value is -3.08. The van der Waals surface area contributed by atoms with Crippen LogP contribution in [0.3, 0.4) is 0 Å². The van der Waals surface area contributed by atoms with Crippen LogP contribution in [0.1, 0.15) is 24.5 Å². The molecule has 0 fully saturated rings. The Kier molecular flexibility index (Phi) is 4.44. The Bertz CT molecular complexity index is 931. The zero-order chi connectivity index (χ0) is 19.0. The van der Waals surface area contributed by atoms with E-state index in [-0.39, 0.29) is 11.8 Å². The van der Waals surface area contributed by atoms with Gasteiger partial charge in [-0.05, 0) is 49.1 Å². The molecule has 138 valence electrons. The number of hydrogen-bond donors (Lipinski definition) is 0. The molecule has 0 bridgehead atoms. The lowest BCUT2D eigenvalue weighted by Crippen LogP contribution is -2.35. The quantitative estimate of drug-likeness (QED) is 0.784. The number of anilines is 1. The molecule has 0 atom stereocenters. The summed E-state index contributed by atoms with van der Waals surface area (Å²) < 4.78 is 5.49. The highest BCUT2D eigenvalue weighted by Crippen LogP contribution is 2.37. The third kappa shape index (κ3) is 2.89. The average molecular weight is 362 g/mol. The van der Waals surface area contributed by atoms with Gasteiger partial charge in [-0.25, -0.2) is 0 Å². The SMILES string of the molecule is CCOc1ccc(C2=C(N3CCCc4ccccc43)C(=O)N(C)C2=O)cc1. The monoisotopic (exact) mass is 362 g/mol. The van der Waals surface area contributed by atoms with E-state index in [1.165, 1.54) is 10.5 Å². The lowest BCUT2D eigenvalue weighted by atomic mass is 9.98. The second kappa shape index (κ2) is 6.91. The van der Waals surface area contributed by atoms with Gasteiger partial charge >= 0.3 is 0 Å². The Balaban J connectivity index is 1.84. The highest BCUT2D eigenvalue weighted by Gasteiger charge is 2.40. The van der Waals surface area contributed by atoms with Crippen molar-refractivity contribution in [2.75, 3.05) is 25.1 Å². The number of amides is 2. The lowest BCUT2D eigenvalue weighted by Gasteiger charge is -2.31. The van der Waals surface area contributed by atoms with Crippen LogP contribution in [0.2, 0.25) is 0 Å². The van der Waals surface area contributed by atoms with Crippen molar-refractivity contribution < 1.29 is 14.3 Å². The molecule has 0 spiro atoms. The molecule has 0 aromatic heterocycles. The van der Waals surface area contributed by atoms with E-state index in [0.717, 1.165) is 36.4 Å². The van der Waals surface area contributed by atoms with Crippen molar-refractivity contribution in [2.45, 2.75) is 19.8 Å². The summed E-state index contributed by atoms with van der Waals surface area (Å²) in [4.78, 5) is 29.1. The summed E-state index contributed by atoms with van der Waals surface area (Å²) >= 11 is 0. The lowest BCUT2D eigenvalue weighted by molar-refractivity contribution is -0.135. The fourth-order valence-electron chi connectivity index (χ4n) is 3.79. The van der Waals surface area contributed by atoms with Crippen molar-refractivity contribution in [1.82, 2.24) is 4.90 Å². The number of likely N-dealkylation sites (N-methyl/N-ethyl adjacent to an activating group) is 1. The number of carbonyl (C=O) groups excluding carboxylic acids is 2. The zero-order valence-corrected chi connectivity index (χ0v) is 15.6. The Labute approximate surface area is 158 Å². The van der Waals surface area contributed by atoms with E-state index in [2.05, 4.69) is 6.07 Å². The summed E-state index contributed by atoms with van der Waals surface area (Å²) in [5.74, 6) is 0.236. The summed E-state index contributed by atoms with van der Waals surface area (Å²) in [7, 11) is 1.54. The second-order valence-electron chi connectivity index (χ2n) is 6.73. The third-order valence-corrected chi connectivity index (χ3v) is 5.10. The molecule has 4 rings (SSSR count). The smallest absolute Gasteiger partial charge is 0.277 e. The van der Waals surface area contributed by atoms with Crippen molar-refractivity contribution in [3.8, 4) is 5.75 Å². The maximum Gasteiger partial charge on any atom is 0.277 e. The summed E-state index contributed by atoms with van der Waals surface area (Å²) in [6.07, 6.45) is 1.93. The molecule has 2 heterocycles. The van der Waals surface area contributed by atoms with Crippen molar-refractivity contribution in [3.63, 3.8) is 0 Å². The number of rotatable bonds is 4. The number of benzene rings is 2. The summed E-state index contributed by atoms with van der Waals surface area (Å²) in [5, 5.41) is 0. The van der Waals surface area contributed by atoms with Gasteiger partial charge in [0.1, 0.15) is 11.4 Å². The van der Waals surface area contributed by atoms with E-state index in [1.54, 1.807) is 7.05 Å². The fraction of sp³-hybridized carbons (Fsp3) is 0.273. The van der Waals surface area contributed by atoms with E-state index in [4.69, 9.17) is 4.74 Å². The van der Waals surface area contributed by atoms with Crippen LogP contribution in [-0.2, 0) is 16.0 Å². The average Bonchev–Trinajstić information content (AvgIpc) is 2.92. The maximum atomic E-state index is 13.0. The van der Waals surface area contributed by atoms with Crippen LogP contribution in [0.25, 0.3) is 5.57 Å². The summed E-state index contributed by atoms with van der Waals surface area (Å²) in [6, 6.07) is 15.5. The highest BCUT2D eigenvalue weighted by atomic mass is 16.5.